The molecule has 0 saturated carbocycles. The molecule has 0 saturated heterocycles. The number of carboxylic acid groups (broad SMARTS) is 1. The van der Waals surface area contributed by atoms with Crippen LogP contribution in [0, 0.1) is 0 Å². The number of anilines is 1. The molecule has 0 aliphatic rings. The Bertz CT molecular complexity index is 667. The molecule has 0 aliphatic carbocycles. The second-order valence-electron chi connectivity index (χ2n) is 4.65. The molecule has 0 radical (unpaired) electrons. The van der Waals surface area contributed by atoms with Crippen LogP contribution in [0.4, 0.5) is 5.69 Å². The van der Waals surface area contributed by atoms with Gasteiger partial charge in [0.25, 0.3) is 0 Å². The molecular formula is C15H16N2O3. The van der Waals surface area contributed by atoms with Crippen molar-refractivity contribution in [1.29, 1.82) is 0 Å². The number of nitrogen functional groups attached to an aromatic ring is 1. The second-order valence-corrected chi connectivity index (χ2v) is 4.65. The number of aliphatic carboxylic acids is 1. The van der Waals surface area contributed by atoms with Gasteiger partial charge in [0.2, 0.25) is 5.91 Å². The Morgan fingerprint density at radius 3 is 2.45 bits per heavy atom. The van der Waals surface area contributed by atoms with E-state index in [9.17, 15) is 14.7 Å². The molecule has 4 N–H and O–H groups in total. The van der Waals surface area contributed by atoms with Crippen LogP contribution >= 0.6 is 0 Å². The highest BCUT2D eigenvalue weighted by Crippen LogP contribution is 2.25. The van der Waals surface area contributed by atoms with Gasteiger partial charge in [0.1, 0.15) is 6.04 Å². The van der Waals surface area contributed by atoms with Crippen molar-refractivity contribution in [3.63, 3.8) is 0 Å². The van der Waals surface area contributed by atoms with E-state index in [-0.39, 0.29) is 12.3 Å². The third kappa shape index (κ3) is 2.88. The quantitative estimate of drug-likeness (QED) is 0.736. The van der Waals surface area contributed by atoms with Crippen molar-refractivity contribution < 1.29 is 14.7 Å². The summed E-state index contributed by atoms with van der Waals surface area (Å²) in [6.45, 7) is 1.30. The summed E-state index contributed by atoms with van der Waals surface area (Å²) in [7, 11) is 0. The van der Waals surface area contributed by atoms with Crippen LogP contribution in [0.25, 0.3) is 10.8 Å². The number of nitrogens with two attached hydrogens (primary N) is 1. The van der Waals surface area contributed by atoms with Crippen molar-refractivity contribution in [3.05, 3.63) is 42.0 Å². The Kier molecular flexibility index (Phi) is 3.89. The van der Waals surface area contributed by atoms with Crippen molar-refractivity contribution in [2.75, 3.05) is 5.73 Å². The second kappa shape index (κ2) is 5.61. The maximum absolute atomic E-state index is 11.2. The van der Waals surface area contributed by atoms with Crippen LogP contribution in [0.3, 0.4) is 0 Å². The topological polar surface area (TPSA) is 92.4 Å². The maximum Gasteiger partial charge on any atom is 0.326 e. The minimum atomic E-state index is -1.05. The zero-order valence-corrected chi connectivity index (χ0v) is 11.1. The standard InChI is InChI=1S/C15H16N2O3/c1-9(18)17-14(15(19)20)8-10-6-7-13(16)12-5-3-2-4-11(10)12/h2-7,14H,8,16H2,1H3,(H,17,18)(H,19,20)/t14-/m0/s1. The first kappa shape index (κ1) is 13.9. The molecule has 1 atom stereocenters. The molecule has 2 aromatic carbocycles. The number of amides is 1. The van der Waals surface area contributed by atoms with Crippen molar-refractivity contribution in [1.82, 2.24) is 5.32 Å². The Hall–Kier alpha value is -2.56. The van der Waals surface area contributed by atoms with E-state index in [0.717, 1.165) is 16.3 Å². The fraction of sp³-hybridized carbons (Fsp3) is 0.200. The third-order valence-electron chi connectivity index (χ3n) is 3.15. The largest absolute Gasteiger partial charge is 0.480 e. The normalized spacial score (nSPS) is 12.1. The first-order valence-corrected chi connectivity index (χ1v) is 6.25. The minimum Gasteiger partial charge on any atom is -0.480 e. The minimum absolute atomic E-state index is 0.218. The summed E-state index contributed by atoms with van der Waals surface area (Å²) in [6.07, 6.45) is 0.218. The molecule has 0 fully saturated rings. The van der Waals surface area contributed by atoms with Crippen LogP contribution in [-0.2, 0) is 16.0 Å². The molecule has 2 rings (SSSR count). The van der Waals surface area contributed by atoms with Gasteiger partial charge in [-0.15, -0.1) is 0 Å². The highest BCUT2D eigenvalue weighted by atomic mass is 16.4. The fourth-order valence-corrected chi connectivity index (χ4v) is 2.23. The smallest absolute Gasteiger partial charge is 0.326 e. The number of carbonyl (C=O) groups excluding carboxylic acids is 1. The van der Waals surface area contributed by atoms with Crippen molar-refractivity contribution >= 4 is 28.3 Å². The molecule has 0 bridgehead atoms. The molecule has 0 unspecified atom stereocenters. The summed E-state index contributed by atoms with van der Waals surface area (Å²) in [6, 6.07) is 10.2. The Balaban J connectivity index is 2.40. The molecule has 2 aromatic rings. The molecule has 5 nitrogen and oxygen atoms in total. The number of nitrogens with one attached hydrogen (secondary N) is 1. The summed E-state index contributed by atoms with van der Waals surface area (Å²) in [5, 5.41) is 13.4. The molecular weight excluding hydrogens is 256 g/mol. The zero-order chi connectivity index (χ0) is 14.7. The van der Waals surface area contributed by atoms with E-state index in [4.69, 9.17) is 5.73 Å². The third-order valence-corrected chi connectivity index (χ3v) is 3.15. The van der Waals surface area contributed by atoms with Crippen LogP contribution in [0.1, 0.15) is 12.5 Å². The van der Waals surface area contributed by atoms with Gasteiger partial charge >= 0.3 is 5.97 Å². The summed E-state index contributed by atoms with van der Waals surface area (Å²) in [5.74, 6) is -1.42. The lowest BCUT2D eigenvalue weighted by atomic mass is 9.97. The summed E-state index contributed by atoms with van der Waals surface area (Å²) in [4.78, 5) is 22.3. The van der Waals surface area contributed by atoms with E-state index in [2.05, 4.69) is 5.32 Å². The number of rotatable bonds is 4. The van der Waals surface area contributed by atoms with E-state index >= 15 is 0 Å². The van der Waals surface area contributed by atoms with E-state index in [0.29, 0.717) is 5.69 Å². The number of hydrogen-bond acceptors (Lipinski definition) is 3. The first-order chi connectivity index (χ1) is 9.49. The lowest BCUT2D eigenvalue weighted by Crippen LogP contribution is -2.41. The van der Waals surface area contributed by atoms with Gasteiger partial charge in [-0.25, -0.2) is 4.79 Å². The molecule has 1 amide bonds. The first-order valence-electron chi connectivity index (χ1n) is 6.25. The van der Waals surface area contributed by atoms with Gasteiger partial charge in [0.15, 0.2) is 0 Å². The van der Waals surface area contributed by atoms with Gasteiger partial charge in [0, 0.05) is 24.4 Å². The predicted octanol–water partition coefficient (Wildman–Crippen LogP) is 1.55. The van der Waals surface area contributed by atoms with Crippen molar-refractivity contribution in [3.8, 4) is 0 Å². The summed E-state index contributed by atoms with van der Waals surface area (Å²) < 4.78 is 0. The summed E-state index contributed by atoms with van der Waals surface area (Å²) in [5.41, 5.74) is 7.40. The van der Waals surface area contributed by atoms with Crippen LogP contribution in [0.5, 0.6) is 0 Å². The highest BCUT2D eigenvalue weighted by Gasteiger charge is 2.20. The average Bonchev–Trinajstić information content (AvgIpc) is 2.40. The number of fused-ring (bicyclic) bond motifs is 1. The summed E-state index contributed by atoms with van der Waals surface area (Å²) >= 11 is 0. The van der Waals surface area contributed by atoms with E-state index in [1.54, 1.807) is 12.1 Å². The number of hydrogen-bond donors (Lipinski definition) is 3. The molecule has 5 heteroatoms. The predicted molar refractivity (Wildman–Crippen MR) is 77.3 cm³/mol. The molecule has 0 heterocycles. The molecule has 0 spiro atoms. The fourth-order valence-electron chi connectivity index (χ4n) is 2.23. The lowest BCUT2D eigenvalue weighted by Gasteiger charge is -2.15. The maximum atomic E-state index is 11.2. The van der Waals surface area contributed by atoms with Gasteiger partial charge < -0.3 is 16.2 Å². The monoisotopic (exact) mass is 272 g/mol. The van der Waals surface area contributed by atoms with Crippen molar-refractivity contribution in [2.24, 2.45) is 0 Å². The Labute approximate surface area is 116 Å². The van der Waals surface area contributed by atoms with Crippen LogP contribution in [-0.4, -0.2) is 23.0 Å². The van der Waals surface area contributed by atoms with Gasteiger partial charge in [0.05, 0.1) is 0 Å². The Morgan fingerprint density at radius 2 is 1.85 bits per heavy atom. The lowest BCUT2D eigenvalue weighted by molar-refractivity contribution is -0.141. The molecule has 0 aromatic heterocycles. The highest BCUT2D eigenvalue weighted by molar-refractivity contribution is 5.95. The molecule has 0 aliphatic heterocycles. The Morgan fingerprint density at radius 1 is 1.20 bits per heavy atom. The van der Waals surface area contributed by atoms with E-state index in [1.165, 1.54) is 6.92 Å². The van der Waals surface area contributed by atoms with Gasteiger partial charge in [-0.1, -0.05) is 30.3 Å². The molecule has 104 valence electrons. The SMILES string of the molecule is CC(=O)N[C@@H](Cc1ccc(N)c2ccccc12)C(=O)O. The average molecular weight is 272 g/mol. The number of carbonyl (C=O) groups is 2. The van der Waals surface area contributed by atoms with Crippen LogP contribution in [0.15, 0.2) is 36.4 Å². The van der Waals surface area contributed by atoms with Gasteiger partial charge in [-0.2, -0.15) is 0 Å². The van der Waals surface area contributed by atoms with Gasteiger partial charge in [-0.05, 0) is 17.0 Å². The van der Waals surface area contributed by atoms with Crippen molar-refractivity contribution in [2.45, 2.75) is 19.4 Å². The van der Waals surface area contributed by atoms with E-state index in [1.807, 2.05) is 24.3 Å². The van der Waals surface area contributed by atoms with Crippen LogP contribution in [0.2, 0.25) is 0 Å². The van der Waals surface area contributed by atoms with E-state index < -0.39 is 12.0 Å². The molecule has 20 heavy (non-hydrogen) atoms. The zero-order valence-electron chi connectivity index (χ0n) is 11.1. The number of benzene rings is 2. The van der Waals surface area contributed by atoms with Gasteiger partial charge in [-0.3, -0.25) is 4.79 Å². The van der Waals surface area contributed by atoms with Crippen LogP contribution < -0.4 is 11.1 Å². The number of carboxylic acids is 1.